The number of hydrogen-bond donors (Lipinski definition) is 1. The third kappa shape index (κ3) is 3.14. The Morgan fingerprint density at radius 1 is 1.44 bits per heavy atom. The van der Waals surface area contributed by atoms with Crippen LogP contribution in [0.4, 0.5) is 0 Å². The summed E-state index contributed by atoms with van der Waals surface area (Å²) in [5.74, 6) is 0.930. The summed E-state index contributed by atoms with van der Waals surface area (Å²) in [4.78, 5) is 0. The quantitative estimate of drug-likeness (QED) is 0.804. The van der Waals surface area contributed by atoms with E-state index in [9.17, 15) is 0 Å². The highest BCUT2D eigenvalue weighted by Gasteiger charge is 2.24. The molecule has 0 amide bonds. The van der Waals surface area contributed by atoms with E-state index in [1.54, 1.807) is 0 Å². The average molecular weight is 249 g/mol. The smallest absolute Gasteiger partial charge is 0.0625 e. The van der Waals surface area contributed by atoms with Crippen molar-refractivity contribution in [3.63, 3.8) is 0 Å². The normalized spacial score (nSPS) is 17.7. The summed E-state index contributed by atoms with van der Waals surface area (Å²) in [6.07, 6.45) is 7.77. The fourth-order valence-electron chi connectivity index (χ4n) is 2.73. The monoisotopic (exact) mass is 249 g/mol. The number of nitrogens with zero attached hydrogens (tertiary/aromatic N) is 2. The Bertz CT molecular complexity index is 366. The molecule has 0 bridgehead atoms. The molecule has 1 unspecified atom stereocenters. The third-order valence-corrected chi connectivity index (χ3v) is 4.12. The first-order valence-corrected chi connectivity index (χ1v) is 7.50. The molecule has 1 atom stereocenters. The van der Waals surface area contributed by atoms with Gasteiger partial charge in [0.25, 0.3) is 0 Å². The van der Waals surface area contributed by atoms with Crippen molar-refractivity contribution in [1.82, 2.24) is 15.1 Å². The zero-order valence-electron chi connectivity index (χ0n) is 12.1. The molecule has 1 aliphatic rings. The predicted octanol–water partition coefficient (Wildman–Crippen LogP) is 3.21. The molecule has 3 nitrogen and oxygen atoms in total. The molecule has 1 saturated carbocycles. The van der Waals surface area contributed by atoms with Crippen LogP contribution in [-0.4, -0.2) is 16.3 Å². The fourth-order valence-corrected chi connectivity index (χ4v) is 2.73. The molecule has 1 heterocycles. The van der Waals surface area contributed by atoms with Crippen molar-refractivity contribution < 1.29 is 0 Å². The van der Waals surface area contributed by atoms with Crippen molar-refractivity contribution in [3.8, 4) is 0 Å². The topological polar surface area (TPSA) is 29.9 Å². The summed E-state index contributed by atoms with van der Waals surface area (Å²) in [5, 5.41) is 8.29. The van der Waals surface area contributed by atoms with Gasteiger partial charge in [-0.05, 0) is 37.8 Å². The predicted molar refractivity (Wildman–Crippen MR) is 75.6 cm³/mol. The van der Waals surface area contributed by atoms with Crippen LogP contribution in [0.5, 0.6) is 0 Å². The molecule has 0 saturated heterocycles. The molecule has 1 aromatic rings. The third-order valence-electron chi connectivity index (χ3n) is 4.12. The van der Waals surface area contributed by atoms with Gasteiger partial charge < -0.3 is 5.32 Å². The Morgan fingerprint density at radius 3 is 2.72 bits per heavy atom. The Morgan fingerprint density at radius 2 is 2.22 bits per heavy atom. The molecule has 18 heavy (non-hydrogen) atoms. The van der Waals surface area contributed by atoms with Gasteiger partial charge in [-0.3, -0.25) is 4.68 Å². The highest BCUT2D eigenvalue weighted by molar-refractivity contribution is 5.14. The summed E-state index contributed by atoms with van der Waals surface area (Å²) in [7, 11) is 2.08. The van der Waals surface area contributed by atoms with E-state index in [1.165, 1.54) is 43.5 Å². The number of aromatic nitrogens is 2. The molecule has 0 aromatic carbocycles. The summed E-state index contributed by atoms with van der Waals surface area (Å²) < 4.78 is 2.07. The van der Waals surface area contributed by atoms with E-state index in [1.807, 2.05) is 0 Å². The Balaban J connectivity index is 2.06. The molecular formula is C15H27N3. The van der Waals surface area contributed by atoms with Gasteiger partial charge in [0.15, 0.2) is 0 Å². The minimum atomic E-state index is 0.494. The average Bonchev–Trinajstić information content (AvgIpc) is 2.69. The molecule has 0 radical (unpaired) electrons. The number of rotatable bonds is 7. The van der Waals surface area contributed by atoms with Crippen molar-refractivity contribution in [3.05, 3.63) is 17.5 Å². The van der Waals surface area contributed by atoms with Crippen LogP contribution in [0.15, 0.2) is 6.07 Å². The fraction of sp³-hybridized carbons (Fsp3) is 0.800. The van der Waals surface area contributed by atoms with Gasteiger partial charge in [0.2, 0.25) is 0 Å². The highest BCUT2D eigenvalue weighted by atomic mass is 15.3. The van der Waals surface area contributed by atoms with E-state index < -0.39 is 0 Å². The lowest BCUT2D eigenvalue weighted by Gasteiger charge is -2.30. The van der Waals surface area contributed by atoms with Crippen LogP contribution in [0, 0.1) is 5.92 Å². The van der Waals surface area contributed by atoms with E-state index in [4.69, 9.17) is 0 Å². The Labute approximate surface area is 111 Å². The van der Waals surface area contributed by atoms with Crippen LogP contribution in [0.3, 0.4) is 0 Å². The lowest BCUT2D eigenvalue weighted by Crippen LogP contribution is -2.28. The number of aryl methyl sites for hydroxylation is 2. The van der Waals surface area contributed by atoms with Crippen LogP contribution in [-0.2, 0) is 13.5 Å². The van der Waals surface area contributed by atoms with Crippen molar-refractivity contribution in [1.29, 1.82) is 0 Å². The van der Waals surface area contributed by atoms with Crippen LogP contribution >= 0.6 is 0 Å². The van der Waals surface area contributed by atoms with Gasteiger partial charge in [-0.2, -0.15) is 5.10 Å². The lowest BCUT2D eigenvalue weighted by atomic mass is 9.80. The first-order valence-electron chi connectivity index (χ1n) is 7.50. The SMILES string of the molecule is CCCNC(CC1CCC1)c1cc(CC)nn1C. The second-order valence-corrected chi connectivity index (χ2v) is 5.58. The molecule has 102 valence electrons. The summed E-state index contributed by atoms with van der Waals surface area (Å²) >= 11 is 0. The van der Waals surface area contributed by atoms with E-state index in [-0.39, 0.29) is 0 Å². The summed E-state index contributed by atoms with van der Waals surface area (Å²) in [6, 6.07) is 2.78. The number of hydrogen-bond acceptors (Lipinski definition) is 2. The molecular weight excluding hydrogens is 222 g/mol. The van der Waals surface area contributed by atoms with E-state index in [0.29, 0.717) is 6.04 Å². The van der Waals surface area contributed by atoms with Crippen LogP contribution in [0.2, 0.25) is 0 Å². The minimum Gasteiger partial charge on any atom is -0.309 e. The maximum absolute atomic E-state index is 4.59. The maximum atomic E-state index is 4.59. The van der Waals surface area contributed by atoms with Gasteiger partial charge in [-0.1, -0.05) is 33.1 Å². The van der Waals surface area contributed by atoms with Gasteiger partial charge in [0.05, 0.1) is 11.4 Å². The molecule has 2 rings (SSSR count). The second-order valence-electron chi connectivity index (χ2n) is 5.58. The van der Waals surface area contributed by atoms with E-state index >= 15 is 0 Å². The largest absolute Gasteiger partial charge is 0.309 e. The van der Waals surface area contributed by atoms with Gasteiger partial charge >= 0.3 is 0 Å². The summed E-state index contributed by atoms with van der Waals surface area (Å²) in [6.45, 7) is 5.50. The van der Waals surface area contributed by atoms with Crippen LogP contribution in [0.1, 0.15) is 63.4 Å². The van der Waals surface area contributed by atoms with Gasteiger partial charge in [-0.25, -0.2) is 0 Å². The zero-order valence-corrected chi connectivity index (χ0v) is 12.1. The maximum Gasteiger partial charge on any atom is 0.0625 e. The van der Waals surface area contributed by atoms with Crippen molar-refractivity contribution >= 4 is 0 Å². The lowest BCUT2D eigenvalue weighted by molar-refractivity contribution is 0.257. The summed E-state index contributed by atoms with van der Waals surface area (Å²) in [5.41, 5.74) is 2.58. The molecule has 1 N–H and O–H groups in total. The van der Waals surface area contributed by atoms with Crippen molar-refractivity contribution in [2.24, 2.45) is 13.0 Å². The second kappa shape index (κ2) is 6.37. The van der Waals surface area contributed by atoms with Crippen LogP contribution in [0.25, 0.3) is 0 Å². The highest BCUT2D eigenvalue weighted by Crippen LogP contribution is 2.34. The minimum absolute atomic E-state index is 0.494. The van der Waals surface area contributed by atoms with Gasteiger partial charge in [0, 0.05) is 13.1 Å². The van der Waals surface area contributed by atoms with Crippen molar-refractivity contribution in [2.45, 2.75) is 58.4 Å². The van der Waals surface area contributed by atoms with E-state index in [2.05, 4.69) is 42.1 Å². The zero-order chi connectivity index (χ0) is 13.0. The first kappa shape index (κ1) is 13.6. The van der Waals surface area contributed by atoms with Gasteiger partial charge in [0.1, 0.15) is 0 Å². The van der Waals surface area contributed by atoms with Gasteiger partial charge in [-0.15, -0.1) is 0 Å². The first-order chi connectivity index (χ1) is 8.74. The van der Waals surface area contributed by atoms with Crippen molar-refractivity contribution in [2.75, 3.05) is 6.54 Å². The molecule has 3 heteroatoms. The molecule has 0 aliphatic heterocycles. The number of nitrogens with one attached hydrogen (secondary N) is 1. The molecule has 0 spiro atoms. The Kier molecular flexibility index (Phi) is 4.81. The van der Waals surface area contributed by atoms with Crippen LogP contribution < -0.4 is 5.32 Å². The van der Waals surface area contributed by atoms with E-state index in [0.717, 1.165) is 18.9 Å². The molecule has 1 aliphatic carbocycles. The standard InChI is InChI=1S/C15H27N3/c1-4-9-16-14(10-12-7-6-8-12)15-11-13(5-2)17-18(15)3/h11-12,14,16H,4-10H2,1-3H3. The molecule has 1 fully saturated rings. The molecule has 1 aromatic heterocycles. The Hall–Kier alpha value is -0.830.